The lowest BCUT2D eigenvalue weighted by Crippen LogP contribution is -1.91. The van der Waals surface area contributed by atoms with Gasteiger partial charge in [-0.25, -0.2) is 0 Å². The summed E-state index contributed by atoms with van der Waals surface area (Å²) in [5, 5.41) is 9.40. The maximum Gasteiger partial charge on any atom is 0.136 e. The SMILES string of the molecule is Brc1ccc2oc3cccc(-c4c5ccccc5c(-c5ccc6oc7ccccc7c6c5)c5ccccc45)c3c2c1. The standard InChI is InChI=1S/C38H21BrO2/c39-23-17-19-34-31(21-23)38-29(13-7-15-35(38)41-34)37-27-11-3-1-9-25(27)36(26-10-2-4-12-28(26)37)22-16-18-33-30(20-22)24-8-5-6-14-32(24)40-33/h1-21H. The summed E-state index contributed by atoms with van der Waals surface area (Å²) in [7, 11) is 0. The Labute approximate surface area is 243 Å². The molecule has 2 heterocycles. The Morgan fingerprint density at radius 2 is 0.951 bits per heavy atom. The van der Waals surface area contributed by atoms with Crippen LogP contribution >= 0.6 is 15.9 Å². The number of furan rings is 2. The van der Waals surface area contributed by atoms with Crippen LogP contribution in [0.25, 0.3) is 87.7 Å². The van der Waals surface area contributed by atoms with Crippen molar-refractivity contribution < 1.29 is 8.83 Å². The van der Waals surface area contributed by atoms with Crippen molar-refractivity contribution in [1.82, 2.24) is 0 Å². The van der Waals surface area contributed by atoms with Crippen molar-refractivity contribution in [2.75, 3.05) is 0 Å². The molecule has 2 aromatic heterocycles. The summed E-state index contributed by atoms with van der Waals surface area (Å²) >= 11 is 3.68. The van der Waals surface area contributed by atoms with Gasteiger partial charge in [0.1, 0.15) is 22.3 Å². The van der Waals surface area contributed by atoms with E-state index in [1.165, 1.54) is 43.8 Å². The van der Waals surface area contributed by atoms with E-state index in [2.05, 4.69) is 119 Å². The van der Waals surface area contributed by atoms with Crippen LogP contribution in [-0.2, 0) is 0 Å². The summed E-state index contributed by atoms with van der Waals surface area (Å²) in [5.41, 5.74) is 8.42. The van der Waals surface area contributed by atoms with Crippen molar-refractivity contribution in [3.05, 3.63) is 132 Å². The molecule has 192 valence electrons. The molecule has 9 rings (SSSR count). The fraction of sp³-hybridized carbons (Fsp3) is 0. The van der Waals surface area contributed by atoms with Gasteiger partial charge in [0.2, 0.25) is 0 Å². The zero-order valence-corrected chi connectivity index (χ0v) is 23.4. The van der Waals surface area contributed by atoms with Crippen molar-refractivity contribution in [2.45, 2.75) is 0 Å². The molecule has 0 spiro atoms. The van der Waals surface area contributed by atoms with E-state index in [1.54, 1.807) is 0 Å². The zero-order chi connectivity index (χ0) is 27.1. The van der Waals surface area contributed by atoms with E-state index in [0.717, 1.165) is 48.3 Å². The molecule has 0 bridgehead atoms. The van der Waals surface area contributed by atoms with Crippen molar-refractivity contribution in [1.29, 1.82) is 0 Å². The number of hydrogen-bond donors (Lipinski definition) is 0. The predicted molar refractivity (Wildman–Crippen MR) is 175 cm³/mol. The minimum absolute atomic E-state index is 0.890. The Bertz CT molecular complexity index is 2440. The molecule has 0 atom stereocenters. The fourth-order valence-electron chi connectivity index (χ4n) is 6.62. The first-order valence-electron chi connectivity index (χ1n) is 13.7. The third-order valence-electron chi connectivity index (χ3n) is 8.32. The molecule has 41 heavy (non-hydrogen) atoms. The Balaban J connectivity index is 1.43. The summed E-state index contributed by atoms with van der Waals surface area (Å²) in [6, 6.07) is 45.1. The van der Waals surface area contributed by atoms with Crippen LogP contribution in [0.3, 0.4) is 0 Å². The molecule has 0 aliphatic heterocycles. The molecule has 0 saturated heterocycles. The van der Waals surface area contributed by atoms with Gasteiger partial charge in [-0.15, -0.1) is 0 Å². The smallest absolute Gasteiger partial charge is 0.136 e. The highest BCUT2D eigenvalue weighted by molar-refractivity contribution is 9.10. The lowest BCUT2D eigenvalue weighted by Gasteiger charge is -2.18. The van der Waals surface area contributed by atoms with Crippen LogP contribution in [0.4, 0.5) is 0 Å². The molecule has 2 nitrogen and oxygen atoms in total. The van der Waals surface area contributed by atoms with Crippen molar-refractivity contribution in [3.8, 4) is 22.3 Å². The van der Waals surface area contributed by atoms with Crippen molar-refractivity contribution >= 4 is 81.4 Å². The third-order valence-corrected chi connectivity index (χ3v) is 8.82. The summed E-state index contributed by atoms with van der Waals surface area (Å²) in [4.78, 5) is 0. The second-order valence-electron chi connectivity index (χ2n) is 10.6. The molecule has 0 fully saturated rings. The highest BCUT2D eigenvalue weighted by Gasteiger charge is 2.20. The molecular formula is C38H21BrO2. The van der Waals surface area contributed by atoms with Gasteiger partial charge in [-0.1, -0.05) is 101 Å². The summed E-state index contributed by atoms with van der Waals surface area (Å²) in [6.45, 7) is 0. The average Bonchev–Trinajstić information content (AvgIpc) is 3.57. The van der Waals surface area contributed by atoms with Crippen molar-refractivity contribution in [3.63, 3.8) is 0 Å². The number of halogens is 1. The van der Waals surface area contributed by atoms with E-state index < -0.39 is 0 Å². The van der Waals surface area contributed by atoms with Gasteiger partial charge in [0.15, 0.2) is 0 Å². The van der Waals surface area contributed by atoms with Crippen LogP contribution in [0.1, 0.15) is 0 Å². The number of benzene rings is 7. The highest BCUT2D eigenvalue weighted by Crippen LogP contribution is 2.47. The fourth-order valence-corrected chi connectivity index (χ4v) is 6.98. The minimum Gasteiger partial charge on any atom is -0.456 e. The summed E-state index contributed by atoms with van der Waals surface area (Å²) in [5.74, 6) is 0. The van der Waals surface area contributed by atoms with Gasteiger partial charge in [0, 0.05) is 26.0 Å². The van der Waals surface area contributed by atoms with Gasteiger partial charge >= 0.3 is 0 Å². The van der Waals surface area contributed by atoms with Crippen LogP contribution in [-0.4, -0.2) is 0 Å². The summed E-state index contributed by atoms with van der Waals surface area (Å²) < 4.78 is 13.5. The number of hydrogen-bond acceptors (Lipinski definition) is 2. The monoisotopic (exact) mass is 588 g/mol. The second-order valence-corrected chi connectivity index (χ2v) is 11.5. The van der Waals surface area contributed by atoms with E-state index in [-0.39, 0.29) is 0 Å². The number of fused-ring (bicyclic) bond motifs is 8. The van der Waals surface area contributed by atoms with E-state index in [9.17, 15) is 0 Å². The minimum atomic E-state index is 0.890. The molecule has 0 unspecified atom stereocenters. The maximum atomic E-state index is 6.33. The summed E-state index contributed by atoms with van der Waals surface area (Å²) in [6.07, 6.45) is 0. The average molecular weight is 589 g/mol. The van der Waals surface area contributed by atoms with Crippen LogP contribution in [0.5, 0.6) is 0 Å². The first-order valence-corrected chi connectivity index (χ1v) is 14.5. The largest absolute Gasteiger partial charge is 0.456 e. The highest BCUT2D eigenvalue weighted by atomic mass is 79.9. The Morgan fingerprint density at radius 1 is 0.390 bits per heavy atom. The molecule has 9 aromatic rings. The van der Waals surface area contributed by atoms with E-state index in [1.807, 2.05) is 24.3 Å². The maximum absolute atomic E-state index is 6.33. The van der Waals surface area contributed by atoms with E-state index >= 15 is 0 Å². The van der Waals surface area contributed by atoms with Gasteiger partial charge in [0.25, 0.3) is 0 Å². The third kappa shape index (κ3) is 3.30. The number of rotatable bonds is 2. The molecule has 3 heteroatoms. The Hall–Kier alpha value is -4.86. The van der Waals surface area contributed by atoms with Gasteiger partial charge in [-0.3, -0.25) is 0 Å². The van der Waals surface area contributed by atoms with Crippen LogP contribution in [0, 0.1) is 0 Å². The predicted octanol–water partition coefficient (Wildman–Crippen LogP) is 11.9. The molecule has 0 N–H and O–H groups in total. The van der Waals surface area contributed by atoms with Crippen molar-refractivity contribution in [2.24, 2.45) is 0 Å². The lowest BCUT2D eigenvalue weighted by atomic mass is 9.84. The molecule has 0 amide bonds. The lowest BCUT2D eigenvalue weighted by molar-refractivity contribution is 0.668. The zero-order valence-electron chi connectivity index (χ0n) is 21.8. The van der Waals surface area contributed by atoms with Gasteiger partial charge in [-0.2, -0.15) is 0 Å². The topological polar surface area (TPSA) is 26.3 Å². The normalized spacial score (nSPS) is 12.0. The molecule has 0 saturated carbocycles. The first-order chi connectivity index (χ1) is 20.2. The van der Waals surface area contributed by atoms with E-state index in [4.69, 9.17) is 8.83 Å². The van der Waals surface area contributed by atoms with Gasteiger partial charge in [-0.05, 0) is 86.3 Å². The molecule has 7 aromatic carbocycles. The second kappa shape index (κ2) is 8.57. The van der Waals surface area contributed by atoms with Gasteiger partial charge in [0.05, 0.1) is 0 Å². The Morgan fingerprint density at radius 3 is 1.71 bits per heavy atom. The number of para-hydroxylation sites is 1. The van der Waals surface area contributed by atoms with Crippen LogP contribution in [0.2, 0.25) is 0 Å². The van der Waals surface area contributed by atoms with Crippen LogP contribution < -0.4 is 0 Å². The molecule has 0 radical (unpaired) electrons. The quantitative estimate of drug-likeness (QED) is 0.188. The first kappa shape index (κ1) is 22.9. The van der Waals surface area contributed by atoms with Crippen LogP contribution in [0.15, 0.2) is 141 Å². The van der Waals surface area contributed by atoms with E-state index in [0.29, 0.717) is 0 Å². The molecule has 0 aliphatic rings. The molecule has 0 aliphatic carbocycles. The van der Waals surface area contributed by atoms with Gasteiger partial charge < -0.3 is 8.83 Å². The Kier molecular flexibility index (Phi) is 4.79. The molecular weight excluding hydrogens is 568 g/mol.